The van der Waals surface area contributed by atoms with Crippen molar-refractivity contribution in [3.63, 3.8) is 0 Å². The Hall–Kier alpha value is -4.14. The summed E-state index contributed by atoms with van der Waals surface area (Å²) in [6.07, 6.45) is 12.9. The van der Waals surface area contributed by atoms with Gasteiger partial charge < -0.3 is 44.7 Å². The predicted octanol–water partition coefficient (Wildman–Crippen LogP) is 9.78. The van der Waals surface area contributed by atoms with E-state index in [1.165, 1.54) is 82.8 Å². The number of aliphatic hydroxyl groups is 2. The molecular weight excluding hydrogens is 915 g/mol. The van der Waals surface area contributed by atoms with Gasteiger partial charge in [0.25, 0.3) is 0 Å². The number of carbonyl (C=O) groups excluding carboxylic acids is 4. The average Bonchev–Trinajstić information content (AvgIpc) is 3.70. The number of nitrogens with one attached hydrogen (secondary N) is 1. The highest BCUT2D eigenvalue weighted by atomic mass is 16.7. The lowest BCUT2D eigenvalue weighted by atomic mass is 9.47. The smallest absolute Gasteiger partial charge is 0.306 e. The van der Waals surface area contributed by atoms with E-state index in [2.05, 4.69) is 46.0 Å². The molecule has 1 saturated heterocycles. The van der Waals surface area contributed by atoms with Crippen molar-refractivity contribution >= 4 is 23.3 Å². The Kier molecular flexibility index (Phi) is 15.0. The third kappa shape index (κ3) is 9.38. The van der Waals surface area contributed by atoms with Gasteiger partial charge in [-0.2, -0.15) is 0 Å². The van der Waals surface area contributed by atoms with E-state index in [1.54, 1.807) is 6.92 Å². The van der Waals surface area contributed by atoms with Crippen LogP contribution in [0.5, 0.6) is 17.2 Å². The van der Waals surface area contributed by atoms with Crippen LogP contribution >= 0.6 is 0 Å². The zero-order valence-corrected chi connectivity index (χ0v) is 44.0. The molecule has 2 aromatic rings. The second-order valence-electron chi connectivity index (χ2n) is 24.1. The van der Waals surface area contributed by atoms with E-state index in [0.29, 0.717) is 37.1 Å². The number of aliphatic hydroxyl groups excluding tert-OH is 1. The number of aromatic hydroxyl groups is 2. The van der Waals surface area contributed by atoms with Crippen molar-refractivity contribution in [2.45, 2.75) is 200 Å². The Morgan fingerprint density at radius 1 is 0.931 bits per heavy atom. The quantitative estimate of drug-likeness (QED) is 0.0394. The van der Waals surface area contributed by atoms with Crippen LogP contribution in [0, 0.1) is 46.3 Å². The van der Waals surface area contributed by atoms with Crippen LogP contribution in [0.3, 0.4) is 0 Å². The highest BCUT2D eigenvalue weighted by Gasteiger charge is 2.59. The Labute approximate surface area is 426 Å². The molecule has 7 aliphatic rings. The summed E-state index contributed by atoms with van der Waals surface area (Å²) in [7, 11) is 1.36. The topological polar surface area (TPSA) is 198 Å². The molecule has 1 aliphatic heterocycles. The minimum Gasteiger partial charge on any atom is -0.507 e. The highest BCUT2D eigenvalue weighted by molar-refractivity contribution is 6.31. The molecule has 9 rings (SSSR count). The summed E-state index contributed by atoms with van der Waals surface area (Å²) >= 11 is 0. The zero-order valence-electron chi connectivity index (χ0n) is 44.0. The van der Waals surface area contributed by atoms with Crippen LogP contribution in [0.4, 0.5) is 0 Å². The molecule has 0 amide bonds. The van der Waals surface area contributed by atoms with Crippen LogP contribution in [0.1, 0.15) is 200 Å². The maximum Gasteiger partial charge on any atom is 0.306 e. The van der Waals surface area contributed by atoms with Gasteiger partial charge in [-0.05, 0) is 131 Å². The number of carbonyl (C=O) groups is 4. The molecule has 0 spiro atoms. The van der Waals surface area contributed by atoms with Crippen molar-refractivity contribution in [2.75, 3.05) is 13.7 Å². The number of benzene rings is 2. The molecule has 13 heteroatoms. The predicted molar refractivity (Wildman–Crippen MR) is 271 cm³/mol. The first-order chi connectivity index (χ1) is 34.2. The number of allylic oxidation sites excluding steroid dienone is 1. The number of hydrogen-bond acceptors (Lipinski definition) is 13. The van der Waals surface area contributed by atoms with Gasteiger partial charge in [0.15, 0.2) is 17.9 Å². The summed E-state index contributed by atoms with van der Waals surface area (Å²) in [5, 5.41) is 49.9. The third-order valence-corrected chi connectivity index (χ3v) is 19.5. The number of rotatable bonds is 16. The zero-order chi connectivity index (χ0) is 51.6. The molecule has 0 aromatic heterocycles. The first kappa shape index (κ1) is 52.7. The van der Waals surface area contributed by atoms with Gasteiger partial charge in [0.05, 0.1) is 42.1 Å². The molecule has 5 N–H and O–H groups in total. The standard InChI is InChI=1S/C59H81NO12/c1-31(2)13-11-14-32(3)40-20-21-41-37-19-18-35-27-36(22-24-57(35,6)42(37)23-25-58(40,41)7)71-46(62)17-9-10-26-60-43-28-47(70-33(4)52(43)63)72-45-30-59(68,34(5)61)29-39-49(45)56(67)51-50(54(39)65)53(64)38-15-12-16-44(69-8)48(38)55(51)66/h12,15-16,18,31-33,36-37,40-43,45,47,52,60,63,65,67-68H,9-11,13-14,17,19-30H2,1-8H3/t32-,33+,36+,37+,40-,41+,42+,43+,45+,47+,52-,57+,58-,59+/m1/s1. The third-order valence-electron chi connectivity index (χ3n) is 19.5. The summed E-state index contributed by atoms with van der Waals surface area (Å²) in [6.45, 7) is 15.8. The molecular formula is C59H81NO12. The Morgan fingerprint density at radius 3 is 2.43 bits per heavy atom. The van der Waals surface area contributed by atoms with Gasteiger partial charge in [-0.3, -0.25) is 19.2 Å². The van der Waals surface area contributed by atoms with Crippen LogP contribution < -0.4 is 10.1 Å². The SMILES string of the molecule is COc1cccc2c1C(=O)c1c(O)c3c(c(O)c1C2=O)C[C@@](O)(C(C)=O)C[C@@H]3O[C@H]1C[C@H](NCCCCC(=O)O[C@H]2CC[C@@]3(C)C(=CC[C@H]4[C@@H]5CC[C@H]([C@H](C)CCCC(C)C)[C@@]5(C)CC[C@@H]43)C2)[C@H](O)[C@H](C)O1. The number of esters is 1. The number of hydrogen-bond donors (Lipinski definition) is 5. The summed E-state index contributed by atoms with van der Waals surface area (Å²) < 4.78 is 24.1. The molecule has 14 atom stereocenters. The summed E-state index contributed by atoms with van der Waals surface area (Å²) in [5.74, 6) is 1.33. The molecule has 394 valence electrons. The summed E-state index contributed by atoms with van der Waals surface area (Å²) in [6, 6.07) is 3.98. The van der Waals surface area contributed by atoms with Crippen LogP contribution in [0.2, 0.25) is 0 Å². The molecule has 1 heterocycles. The molecule has 0 bridgehead atoms. The van der Waals surface area contributed by atoms with E-state index < -0.39 is 82.6 Å². The van der Waals surface area contributed by atoms with Gasteiger partial charge >= 0.3 is 5.97 Å². The molecule has 6 aliphatic carbocycles. The van der Waals surface area contributed by atoms with E-state index >= 15 is 0 Å². The number of fused-ring (bicyclic) bond motifs is 8. The number of phenols is 2. The lowest BCUT2D eigenvalue weighted by molar-refractivity contribution is -0.249. The molecule has 0 unspecified atom stereocenters. The van der Waals surface area contributed by atoms with Crippen molar-refractivity contribution in [1.82, 2.24) is 5.32 Å². The fraction of sp³-hybridized carbons (Fsp3) is 0.695. The first-order valence-electron chi connectivity index (χ1n) is 27.4. The van der Waals surface area contributed by atoms with Gasteiger partial charge in [0.1, 0.15) is 29.0 Å². The fourth-order valence-electron chi connectivity index (χ4n) is 15.5. The second kappa shape index (κ2) is 20.5. The molecule has 0 radical (unpaired) electrons. The van der Waals surface area contributed by atoms with Crippen molar-refractivity contribution in [3.8, 4) is 17.2 Å². The highest BCUT2D eigenvalue weighted by Crippen LogP contribution is 2.67. The van der Waals surface area contributed by atoms with Crippen LogP contribution in [-0.4, -0.2) is 93.6 Å². The maximum absolute atomic E-state index is 14.1. The Bertz CT molecular complexity index is 2460. The van der Waals surface area contributed by atoms with Crippen LogP contribution in [0.25, 0.3) is 0 Å². The normalized spacial score (nSPS) is 35.2. The molecule has 4 fully saturated rings. The number of ketones is 3. The molecule has 72 heavy (non-hydrogen) atoms. The van der Waals surface area contributed by atoms with Gasteiger partial charge in [-0.15, -0.1) is 0 Å². The van der Waals surface area contributed by atoms with Gasteiger partial charge in [-0.25, -0.2) is 0 Å². The number of unbranched alkanes of at least 4 members (excludes halogenated alkanes) is 1. The fourth-order valence-corrected chi connectivity index (χ4v) is 15.5. The lowest BCUT2D eigenvalue weighted by Crippen LogP contribution is -2.54. The Morgan fingerprint density at radius 2 is 1.69 bits per heavy atom. The number of Topliss-reactive ketones (excluding diaryl/α,β-unsaturated/α-hetero) is 1. The summed E-state index contributed by atoms with van der Waals surface area (Å²) in [5.41, 5.74) is -0.939. The second-order valence-corrected chi connectivity index (χ2v) is 24.1. The number of ether oxygens (including phenoxy) is 4. The number of phenolic OH excluding ortho intramolecular Hbond substituents is 2. The summed E-state index contributed by atoms with van der Waals surface area (Å²) in [4.78, 5) is 54.2. The van der Waals surface area contributed by atoms with Gasteiger partial charge in [0.2, 0.25) is 5.78 Å². The molecule has 13 nitrogen and oxygen atoms in total. The van der Waals surface area contributed by atoms with Crippen LogP contribution in [-0.2, 0) is 30.2 Å². The number of methoxy groups -OCH3 is 1. The van der Waals surface area contributed by atoms with E-state index in [0.717, 1.165) is 55.3 Å². The van der Waals surface area contributed by atoms with Crippen molar-refractivity contribution in [2.24, 2.45) is 46.3 Å². The monoisotopic (exact) mass is 996 g/mol. The Balaban J connectivity index is 0.783. The van der Waals surface area contributed by atoms with Crippen molar-refractivity contribution in [3.05, 3.63) is 63.2 Å². The molecule has 3 saturated carbocycles. The van der Waals surface area contributed by atoms with E-state index in [9.17, 15) is 39.6 Å². The van der Waals surface area contributed by atoms with Crippen molar-refractivity contribution < 1.29 is 58.6 Å². The first-order valence-corrected chi connectivity index (χ1v) is 27.4. The van der Waals surface area contributed by atoms with E-state index in [1.807, 2.05) is 0 Å². The largest absolute Gasteiger partial charge is 0.507 e. The van der Waals surface area contributed by atoms with E-state index in [-0.39, 0.29) is 58.3 Å². The maximum atomic E-state index is 14.1. The molecule has 2 aromatic carbocycles. The van der Waals surface area contributed by atoms with Crippen LogP contribution in [0.15, 0.2) is 29.8 Å². The van der Waals surface area contributed by atoms with Crippen molar-refractivity contribution in [1.29, 1.82) is 0 Å². The minimum atomic E-state index is -2.05. The average molecular weight is 996 g/mol. The van der Waals surface area contributed by atoms with Gasteiger partial charge in [-0.1, -0.05) is 77.7 Å². The minimum absolute atomic E-state index is 0.0175. The van der Waals surface area contributed by atoms with Gasteiger partial charge in [0, 0.05) is 54.8 Å². The van der Waals surface area contributed by atoms with E-state index in [4.69, 9.17) is 18.9 Å². The lowest BCUT2D eigenvalue weighted by Gasteiger charge is -2.58.